The quantitative estimate of drug-likeness (QED) is 0.492. The lowest BCUT2D eigenvalue weighted by Crippen LogP contribution is -2.26. The van der Waals surface area contributed by atoms with Crippen LogP contribution in [-0.4, -0.2) is 24.9 Å². The van der Waals surface area contributed by atoms with Crippen LogP contribution in [0.15, 0.2) is 64.1 Å². The van der Waals surface area contributed by atoms with Crippen molar-refractivity contribution in [2.75, 3.05) is 6.54 Å². The summed E-state index contributed by atoms with van der Waals surface area (Å²) < 4.78 is 32.8. The second-order valence-corrected chi connectivity index (χ2v) is 7.60. The maximum atomic E-state index is 12.5. The van der Waals surface area contributed by atoms with Gasteiger partial charge in [0.15, 0.2) is 0 Å². The van der Waals surface area contributed by atoms with Crippen LogP contribution in [0.2, 0.25) is 0 Å². The van der Waals surface area contributed by atoms with Crippen molar-refractivity contribution in [2.45, 2.75) is 18.2 Å². The van der Waals surface area contributed by atoms with E-state index >= 15 is 0 Å². The van der Waals surface area contributed by atoms with Gasteiger partial charge >= 0.3 is 0 Å². The molecule has 0 aliphatic carbocycles. The van der Waals surface area contributed by atoms with E-state index in [1.54, 1.807) is 6.92 Å². The van der Waals surface area contributed by atoms with Gasteiger partial charge in [0.2, 0.25) is 15.9 Å². The molecule has 8 nitrogen and oxygen atoms in total. The Morgan fingerprint density at radius 1 is 1.19 bits per heavy atom. The van der Waals surface area contributed by atoms with Gasteiger partial charge in [-0.3, -0.25) is 10.1 Å². The second-order valence-electron chi connectivity index (χ2n) is 5.86. The molecule has 0 spiro atoms. The van der Waals surface area contributed by atoms with Gasteiger partial charge in [0.05, 0.1) is 15.5 Å². The van der Waals surface area contributed by atoms with E-state index in [9.17, 15) is 18.5 Å². The van der Waals surface area contributed by atoms with Crippen molar-refractivity contribution in [3.63, 3.8) is 0 Å². The molecule has 0 saturated heterocycles. The normalized spacial score (nSPS) is 11.4. The zero-order valence-corrected chi connectivity index (χ0v) is 15.3. The van der Waals surface area contributed by atoms with Crippen LogP contribution in [0.5, 0.6) is 0 Å². The van der Waals surface area contributed by atoms with Gasteiger partial charge in [0, 0.05) is 30.7 Å². The van der Waals surface area contributed by atoms with Crippen LogP contribution in [0.1, 0.15) is 11.3 Å². The number of hydrogen-bond donors (Lipinski definition) is 1. The number of nitro benzene ring substituents is 1. The summed E-state index contributed by atoms with van der Waals surface area (Å²) in [7, 11) is -3.88. The molecule has 9 heteroatoms. The van der Waals surface area contributed by atoms with Gasteiger partial charge < -0.3 is 4.42 Å². The fourth-order valence-corrected chi connectivity index (χ4v) is 3.81. The average Bonchev–Trinajstić information content (AvgIpc) is 3.11. The molecular weight excluding hydrogens is 370 g/mol. The number of nitrogens with one attached hydrogen (secondary N) is 1. The monoisotopic (exact) mass is 387 g/mol. The summed E-state index contributed by atoms with van der Waals surface area (Å²) in [6, 6.07) is 13.1. The van der Waals surface area contributed by atoms with Gasteiger partial charge in [0.25, 0.3) is 5.69 Å². The zero-order valence-electron chi connectivity index (χ0n) is 14.5. The molecular formula is C18H17N3O5S. The Bertz CT molecular complexity index is 1060. The van der Waals surface area contributed by atoms with E-state index in [-0.39, 0.29) is 17.1 Å². The van der Waals surface area contributed by atoms with Gasteiger partial charge in [-0.15, -0.1) is 0 Å². The summed E-state index contributed by atoms with van der Waals surface area (Å²) >= 11 is 0. The van der Waals surface area contributed by atoms with Gasteiger partial charge in [-0.1, -0.05) is 24.3 Å². The molecule has 1 aromatic heterocycles. The van der Waals surface area contributed by atoms with Crippen LogP contribution < -0.4 is 4.72 Å². The highest BCUT2D eigenvalue weighted by molar-refractivity contribution is 7.89. The molecule has 3 rings (SSSR count). The van der Waals surface area contributed by atoms with E-state index < -0.39 is 14.9 Å². The van der Waals surface area contributed by atoms with Crippen LogP contribution in [0.4, 0.5) is 5.69 Å². The van der Waals surface area contributed by atoms with Crippen molar-refractivity contribution in [3.05, 3.63) is 76.2 Å². The van der Waals surface area contributed by atoms with Crippen LogP contribution >= 0.6 is 0 Å². The summed E-state index contributed by atoms with van der Waals surface area (Å²) in [5.41, 5.74) is 1.59. The van der Waals surface area contributed by atoms with Gasteiger partial charge in [-0.2, -0.15) is 0 Å². The lowest BCUT2D eigenvalue weighted by molar-refractivity contribution is -0.385. The van der Waals surface area contributed by atoms with E-state index in [2.05, 4.69) is 9.71 Å². The van der Waals surface area contributed by atoms with E-state index in [0.29, 0.717) is 23.6 Å². The van der Waals surface area contributed by atoms with Crippen molar-refractivity contribution >= 4 is 15.7 Å². The number of non-ortho nitro benzene ring substituents is 1. The number of aromatic nitrogens is 1. The molecule has 27 heavy (non-hydrogen) atoms. The van der Waals surface area contributed by atoms with Crippen molar-refractivity contribution in [1.82, 2.24) is 9.71 Å². The number of benzene rings is 2. The molecule has 0 amide bonds. The third kappa shape index (κ3) is 4.39. The lowest BCUT2D eigenvalue weighted by atomic mass is 10.2. The molecule has 0 fully saturated rings. The van der Waals surface area contributed by atoms with E-state index in [4.69, 9.17) is 4.42 Å². The molecule has 3 aromatic rings. The number of oxazole rings is 1. The van der Waals surface area contributed by atoms with E-state index in [1.807, 2.05) is 30.3 Å². The maximum absolute atomic E-state index is 12.5. The van der Waals surface area contributed by atoms with Crippen LogP contribution in [0, 0.1) is 17.0 Å². The summed E-state index contributed by atoms with van der Waals surface area (Å²) in [6.45, 7) is 1.67. The first-order chi connectivity index (χ1) is 12.9. The maximum Gasteiger partial charge on any atom is 0.270 e. The number of nitrogens with zero attached hydrogens (tertiary/aromatic N) is 2. The number of rotatable bonds is 7. The molecule has 0 radical (unpaired) electrons. The Morgan fingerprint density at radius 3 is 2.63 bits per heavy atom. The fourth-order valence-electron chi connectivity index (χ4n) is 2.52. The third-order valence-corrected chi connectivity index (χ3v) is 5.52. The van der Waals surface area contributed by atoms with Crippen LogP contribution in [-0.2, 0) is 16.4 Å². The predicted molar refractivity (Wildman–Crippen MR) is 98.7 cm³/mol. The summed E-state index contributed by atoms with van der Waals surface area (Å²) in [5.74, 6) is 0.461. The molecule has 1 N–H and O–H groups in total. The fraction of sp³-hybridized carbons (Fsp3) is 0.167. The van der Waals surface area contributed by atoms with Crippen molar-refractivity contribution in [2.24, 2.45) is 0 Å². The Kier molecular flexibility index (Phi) is 5.33. The van der Waals surface area contributed by atoms with E-state index in [0.717, 1.165) is 11.6 Å². The molecule has 1 heterocycles. The minimum Gasteiger partial charge on any atom is -0.444 e. The summed E-state index contributed by atoms with van der Waals surface area (Å²) in [4.78, 5) is 14.5. The topological polar surface area (TPSA) is 115 Å². The van der Waals surface area contributed by atoms with Gasteiger partial charge in [-0.25, -0.2) is 18.1 Å². The first-order valence-corrected chi connectivity index (χ1v) is 9.60. The Balaban J connectivity index is 1.68. The SMILES string of the molecule is Cc1ccc([N+](=O)[O-])cc1S(=O)(=O)NCCc1coc(-c2ccccc2)n1. The predicted octanol–water partition coefficient (Wildman–Crippen LogP) is 3.08. The smallest absolute Gasteiger partial charge is 0.270 e. The molecule has 0 aliphatic heterocycles. The third-order valence-electron chi connectivity index (χ3n) is 3.92. The van der Waals surface area contributed by atoms with E-state index in [1.165, 1.54) is 18.4 Å². The molecule has 0 atom stereocenters. The highest BCUT2D eigenvalue weighted by atomic mass is 32.2. The minimum atomic E-state index is -3.88. The Morgan fingerprint density at radius 2 is 1.93 bits per heavy atom. The summed E-state index contributed by atoms with van der Waals surface area (Å²) in [5, 5.41) is 10.9. The minimum absolute atomic E-state index is 0.0885. The Hall–Kier alpha value is -3.04. The lowest BCUT2D eigenvalue weighted by Gasteiger charge is -2.08. The van der Waals surface area contributed by atoms with Crippen LogP contribution in [0.3, 0.4) is 0 Å². The summed E-state index contributed by atoms with van der Waals surface area (Å²) in [6.07, 6.45) is 1.80. The number of aryl methyl sites for hydroxylation is 1. The van der Waals surface area contributed by atoms with Gasteiger partial charge in [-0.05, 0) is 24.6 Å². The first-order valence-electron chi connectivity index (χ1n) is 8.11. The molecule has 0 bridgehead atoms. The molecule has 2 aromatic carbocycles. The Labute approximate surface area is 156 Å². The zero-order chi connectivity index (χ0) is 19.4. The average molecular weight is 387 g/mol. The van der Waals surface area contributed by atoms with Crippen molar-refractivity contribution in [3.8, 4) is 11.5 Å². The number of hydrogen-bond acceptors (Lipinski definition) is 6. The highest BCUT2D eigenvalue weighted by Gasteiger charge is 2.20. The second kappa shape index (κ2) is 7.68. The number of sulfonamides is 1. The highest BCUT2D eigenvalue weighted by Crippen LogP contribution is 2.22. The molecule has 0 unspecified atom stereocenters. The van der Waals surface area contributed by atoms with Crippen LogP contribution in [0.25, 0.3) is 11.5 Å². The molecule has 0 aliphatic rings. The molecule has 0 saturated carbocycles. The first kappa shape index (κ1) is 18.7. The largest absolute Gasteiger partial charge is 0.444 e. The van der Waals surface area contributed by atoms with Gasteiger partial charge in [0.1, 0.15) is 6.26 Å². The number of nitro groups is 1. The standard InChI is InChI=1S/C18H17N3O5S/c1-13-7-8-16(21(22)23)11-17(13)27(24,25)19-10-9-15-12-26-18(20-15)14-5-3-2-4-6-14/h2-8,11-12,19H,9-10H2,1H3. The molecule has 140 valence electrons. The van der Waals surface area contributed by atoms with Crippen molar-refractivity contribution < 1.29 is 17.8 Å². The van der Waals surface area contributed by atoms with Crippen molar-refractivity contribution in [1.29, 1.82) is 0 Å².